The summed E-state index contributed by atoms with van der Waals surface area (Å²) >= 11 is 0. The van der Waals surface area contributed by atoms with E-state index in [1.54, 1.807) is 0 Å². The maximum Gasteiger partial charge on any atom is -0.0328 e. The average Bonchev–Trinajstić information content (AvgIpc) is 3.14. The second-order valence-corrected chi connectivity index (χ2v) is 7.99. The molecule has 0 heteroatoms. The van der Waals surface area contributed by atoms with Gasteiger partial charge in [-0.2, -0.15) is 0 Å². The molecule has 0 spiro atoms. The number of unbranched alkanes of at least 4 members (excludes halogenated alkanes) is 1. The van der Waals surface area contributed by atoms with Crippen LogP contribution >= 0.6 is 0 Å². The van der Waals surface area contributed by atoms with Crippen molar-refractivity contribution in [3.63, 3.8) is 0 Å². The van der Waals surface area contributed by atoms with Gasteiger partial charge in [-0.3, -0.25) is 0 Å². The third-order valence-electron chi connectivity index (χ3n) is 4.22. The summed E-state index contributed by atoms with van der Waals surface area (Å²) in [5.74, 6) is 0. The molecule has 0 radical (unpaired) electrons. The highest BCUT2D eigenvalue weighted by atomic mass is 14.3. The molecule has 1 fully saturated rings. The van der Waals surface area contributed by atoms with E-state index in [9.17, 15) is 0 Å². The van der Waals surface area contributed by atoms with Crippen LogP contribution in [-0.4, -0.2) is 0 Å². The van der Waals surface area contributed by atoms with Gasteiger partial charge in [0.1, 0.15) is 0 Å². The van der Waals surface area contributed by atoms with E-state index in [2.05, 4.69) is 69.2 Å². The van der Waals surface area contributed by atoms with Crippen LogP contribution in [0.25, 0.3) is 0 Å². The molecule has 0 unspecified atom stereocenters. The van der Waals surface area contributed by atoms with Gasteiger partial charge in [-0.1, -0.05) is 156 Å². The molecule has 1 aliphatic carbocycles. The lowest BCUT2D eigenvalue weighted by atomic mass is 9.86. The van der Waals surface area contributed by atoms with Crippen LogP contribution in [0.5, 0.6) is 0 Å². The molecule has 27 heavy (non-hydrogen) atoms. The van der Waals surface area contributed by atoms with E-state index >= 15 is 0 Å². The van der Waals surface area contributed by atoms with Gasteiger partial charge in [0.15, 0.2) is 0 Å². The first kappa shape index (κ1) is 41.4. The zero-order chi connectivity index (χ0) is 23.4. The molecule has 0 saturated heterocycles. The number of rotatable bonds is 2. The van der Waals surface area contributed by atoms with Gasteiger partial charge in [0.05, 0.1) is 0 Å². The van der Waals surface area contributed by atoms with Crippen LogP contribution in [0.4, 0.5) is 0 Å². The Morgan fingerprint density at radius 1 is 0.630 bits per heavy atom. The lowest BCUT2D eigenvalue weighted by Crippen LogP contribution is -2.07. The predicted octanol–water partition coefficient (Wildman–Crippen LogP) is 11.7. The van der Waals surface area contributed by atoms with Crippen molar-refractivity contribution in [1.82, 2.24) is 0 Å². The first-order valence-electron chi connectivity index (χ1n) is 12.7. The highest BCUT2D eigenvalue weighted by Gasteiger charge is 2.25. The van der Waals surface area contributed by atoms with Crippen LogP contribution in [-0.2, 0) is 0 Å². The van der Waals surface area contributed by atoms with E-state index in [0.717, 1.165) is 5.41 Å². The van der Waals surface area contributed by atoms with Gasteiger partial charge >= 0.3 is 0 Å². The van der Waals surface area contributed by atoms with Crippen molar-refractivity contribution in [3.05, 3.63) is 0 Å². The molecule has 0 amide bonds. The Bertz CT molecular complexity index is 165. The van der Waals surface area contributed by atoms with Crippen molar-refractivity contribution in [2.75, 3.05) is 0 Å². The summed E-state index contributed by atoms with van der Waals surface area (Å²) in [6.45, 7) is 34.3. The van der Waals surface area contributed by atoms with Crippen LogP contribution < -0.4 is 0 Å². The standard InChI is InChI=1S/C8H16.C6H14.C4H10.C3H8.3C2H6/c1-3-8(2)6-4-5-7-8;1-5-6(2,3)4;1-3-4-2;1-3-2;3*1-2/h3-7H2,1-2H3;5H2,1-4H3;3-4H2,1-2H3;3H2,1-2H3;3*1-2H3. The molecule has 0 bridgehead atoms. The van der Waals surface area contributed by atoms with E-state index in [0.29, 0.717) is 5.41 Å². The summed E-state index contributed by atoms with van der Waals surface area (Å²) in [6.07, 6.45) is 12.4. The van der Waals surface area contributed by atoms with E-state index in [-0.39, 0.29) is 0 Å². The first-order chi connectivity index (χ1) is 12.7. The maximum atomic E-state index is 2.42. The first-order valence-corrected chi connectivity index (χ1v) is 12.7. The largest absolute Gasteiger partial charge is 0.0683 e. The second-order valence-electron chi connectivity index (χ2n) is 7.99. The Labute approximate surface area is 179 Å². The normalized spacial score (nSPS) is 12.9. The highest BCUT2D eigenvalue weighted by Crippen LogP contribution is 2.39. The quantitative estimate of drug-likeness (QED) is 0.439. The molecule has 1 saturated carbocycles. The van der Waals surface area contributed by atoms with E-state index in [4.69, 9.17) is 0 Å². The maximum absolute atomic E-state index is 2.42. The molecule has 0 heterocycles. The summed E-state index contributed by atoms with van der Waals surface area (Å²) in [4.78, 5) is 0. The van der Waals surface area contributed by atoms with Gasteiger partial charge in [-0.25, -0.2) is 0 Å². The molecular formula is C27H66. The Morgan fingerprint density at radius 3 is 0.926 bits per heavy atom. The fourth-order valence-corrected chi connectivity index (χ4v) is 1.58. The molecule has 0 aromatic heterocycles. The zero-order valence-corrected chi connectivity index (χ0v) is 23.4. The highest BCUT2D eigenvalue weighted by molar-refractivity contribution is 4.78. The van der Waals surface area contributed by atoms with Gasteiger partial charge in [-0.05, 0) is 23.7 Å². The lowest BCUT2D eigenvalue weighted by molar-refractivity contribution is 0.323. The summed E-state index contributed by atoms with van der Waals surface area (Å²) in [5.41, 5.74) is 1.28. The van der Waals surface area contributed by atoms with Gasteiger partial charge in [-0.15, -0.1) is 0 Å². The molecule has 0 nitrogen and oxygen atoms in total. The van der Waals surface area contributed by atoms with Crippen molar-refractivity contribution in [2.24, 2.45) is 10.8 Å². The van der Waals surface area contributed by atoms with E-state index in [1.807, 2.05) is 41.5 Å². The van der Waals surface area contributed by atoms with Crippen molar-refractivity contribution < 1.29 is 0 Å². The summed E-state index contributed by atoms with van der Waals surface area (Å²) in [7, 11) is 0. The summed E-state index contributed by atoms with van der Waals surface area (Å²) in [6, 6.07) is 0. The topological polar surface area (TPSA) is 0 Å². The Hall–Kier alpha value is 0. The predicted molar refractivity (Wildman–Crippen MR) is 137 cm³/mol. The van der Waals surface area contributed by atoms with Gasteiger partial charge in [0, 0.05) is 0 Å². The molecule has 0 N–H and O–H groups in total. The van der Waals surface area contributed by atoms with E-state index < -0.39 is 0 Å². The van der Waals surface area contributed by atoms with Crippen LogP contribution in [0, 0.1) is 10.8 Å². The minimum atomic E-state index is 0.542. The molecule has 0 aliphatic heterocycles. The van der Waals surface area contributed by atoms with E-state index in [1.165, 1.54) is 57.8 Å². The number of hydrogen-bond acceptors (Lipinski definition) is 0. The van der Waals surface area contributed by atoms with Crippen molar-refractivity contribution in [2.45, 2.75) is 169 Å². The summed E-state index contributed by atoms with van der Waals surface area (Å²) < 4.78 is 0. The zero-order valence-electron chi connectivity index (χ0n) is 23.4. The third-order valence-corrected chi connectivity index (χ3v) is 4.22. The monoisotopic (exact) mass is 391 g/mol. The minimum Gasteiger partial charge on any atom is -0.0683 e. The average molecular weight is 391 g/mol. The molecule has 174 valence electrons. The molecular weight excluding hydrogens is 324 g/mol. The second kappa shape index (κ2) is 36.8. The number of hydrogen-bond donors (Lipinski definition) is 0. The van der Waals surface area contributed by atoms with Gasteiger partial charge < -0.3 is 0 Å². The van der Waals surface area contributed by atoms with Crippen LogP contribution in [0.15, 0.2) is 0 Å². The van der Waals surface area contributed by atoms with Gasteiger partial charge in [0.25, 0.3) is 0 Å². The Kier molecular flexibility index (Phi) is 56.5. The molecule has 0 atom stereocenters. The smallest absolute Gasteiger partial charge is 0.0328 e. The van der Waals surface area contributed by atoms with Crippen molar-refractivity contribution in [1.29, 1.82) is 0 Å². The van der Waals surface area contributed by atoms with Crippen LogP contribution in [0.1, 0.15) is 169 Å². The van der Waals surface area contributed by atoms with Crippen molar-refractivity contribution in [3.8, 4) is 0 Å². The molecule has 1 rings (SSSR count). The molecule has 1 aliphatic rings. The fraction of sp³-hybridized carbons (Fsp3) is 1.00. The summed E-state index contributed by atoms with van der Waals surface area (Å²) in [5, 5.41) is 0. The van der Waals surface area contributed by atoms with Gasteiger partial charge in [0.2, 0.25) is 0 Å². The fourth-order valence-electron chi connectivity index (χ4n) is 1.58. The minimum absolute atomic E-state index is 0.542. The lowest BCUT2D eigenvalue weighted by Gasteiger charge is -2.19. The third kappa shape index (κ3) is 58.5. The molecule has 0 aromatic carbocycles. The van der Waals surface area contributed by atoms with Crippen molar-refractivity contribution >= 4 is 0 Å². The Morgan fingerprint density at radius 2 is 0.852 bits per heavy atom. The van der Waals surface area contributed by atoms with Crippen LogP contribution in [0.2, 0.25) is 0 Å². The molecule has 0 aromatic rings. The van der Waals surface area contributed by atoms with Crippen LogP contribution in [0.3, 0.4) is 0 Å². The SMILES string of the molecule is CC.CC.CC.CCC.CCC(C)(C)C.CCC1(C)CCCC1.CCCC. The Balaban J connectivity index is -0.0000000521.